The van der Waals surface area contributed by atoms with Gasteiger partial charge in [-0.1, -0.05) is 12.1 Å². The van der Waals surface area contributed by atoms with Crippen LogP contribution in [0.1, 0.15) is 12.8 Å². The number of hydrogen-bond donors (Lipinski definition) is 2. The Labute approximate surface area is 92.0 Å². The van der Waals surface area contributed by atoms with Crippen molar-refractivity contribution in [2.45, 2.75) is 12.8 Å². The minimum absolute atomic E-state index is 0.0791. The van der Waals surface area contributed by atoms with E-state index in [1.165, 1.54) is 18.2 Å². The van der Waals surface area contributed by atoms with Crippen LogP contribution >= 0.6 is 0 Å². The van der Waals surface area contributed by atoms with Crippen LogP contribution in [0.2, 0.25) is 0 Å². The molecule has 6 nitrogen and oxygen atoms in total. The number of aliphatic hydroxyl groups is 1. The van der Waals surface area contributed by atoms with Gasteiger partial charge in [-0.25, -0.2) is 0 Å². The Hall–Kier alpha value is -1.95. The van der Waals surface area contributed by atoms with E-state index < -0.39 is 4.92 Å². The van der Waals surface area contributed by atoms with Crippen molar-refractivity contribution >= 4 is 17.3 Å². The summed E-state index contributed by atoms with van der Waals surface area (Å²) in [6.07, 6.45) is 0.481. The Balaban J connectivity index is 2.73. The number of nitrogens with one attached hydrogen (secondary N) is 1. The van der Waals surface area contributed by atoms with Gasteiger partial charge in [-0.3, -0.25) is 14.9 Å². The van der Waals surface area contributed by atoms with E-state index in [0.29, 0.717) is 6.42 Å². The summed E-state index contributed by atoms with van der Waals surface area (Å²) in [6.45, 7) is -0.0791. The second-order valence-electron chi connectivity index (χ2n) is 3.15. The molecule has 0 aliphatic heterocycles. The average Bonchev–Trinajstić information content (AvgIpc) is 2.27. The molecular weight excluding hydrogens is 212 g/mol. The summed E-state index contributed by atoms with van der Waals surface area (Å²) in [4.78, 5) is 21.4. The first kappa shape index (κ1) is 12.1. The van der Waals surface area contributed by atoms with Gasteiger partial charge in [-0.2, -0.15) is 0 Å². The molecule has 0 radical (unpaired) electrons. The quantitative estimate of drug-likeness (QED) is 0.582. The molecule has 6 heteroatoms. The zero-order valence-corrected chi connectivity index (χ0v) is 8.55. The van der Waals surface area contributed by atoms with Crippen LogP contribution in [-0.2, 0) is 4.79 Å². The second-order valence-corrected chi connectivity index (χ2v) is 3.15. The molecule has 86 valence electrons. The number of nitro benzene ring substituents is 1. The van der Waals surface area contributed by atoms with Crippen molar-refractivity contribution in [2.75, 3.05) is 11.9 Å². The molecule has 1 aromatic carbocycles. The smallest absolute Gasteiger partial charge is 0.292 e. The summed E-state index contributed by atoms with van der Waals surface area (Å²) in [5.74, 6) is -0.344. The van der Waals surface area contributed by atoms with E-state index in [4.69, 9.17) is 5.11 Å². The summed E-state index contributed by atoms with van der Waals surface area (Å²) in [5.41, 5.74) is 0.0373. The van der Waals surface area contributed by atoms with Crippen molar-refractivity contribution in [3.05, 3.63) is 34.4 Å². The summed E-state index contributed by atoms with van der Waals surface area (Å²) in [7, 11) is 0. The molecule has 1 rings (SSSR count). The highest BCUT2D eigenvalue weighted by atomic mass is 16.6. The normalized spacial score (nSPS) is 9.81. The van der Waals surface area contributed by atoms with E-state index in [2.05, 4.69) is 5.32 Å². The van der Waals surface area contributed by atoms with Crippen molar-refractivity contribution in [3.63, 3.8) is 0 Å². The van der Waals surface area contributed by atoms with Crippen LogP contribution in [0.3, 0.4) is 0 Å². The number of carbonyl (C=O) groups is 1. The first-order chi connectivity index (χ1) is 7.65. The number of rotatable bonds is 5. The van der Waals surface area contributed by atoms with Gasteiger partial charge in [0.15, 0.2) is 0 Å². The monoisotopic (exact) mass is 224 g/mol. The largest absolute Gasteiger partial charge is 0.396 e. The standard InChI is InChI=1S/C10H12N2O4/c13-7-3-6-10(14)11-8-4-1-2-5-9(8)12(15)16/h1-2,4-5,13H,3,6-7H2,(H,11,14). The molecule has 0 aliphatic rings. The van der Waals surface area contributed by atoms with Crippen LogP contribution in [0.4, 0.5) is 11.4 Å². The molecular formula is C10H12N2O4. The SMILES string of the molecule is O=C(CCCO)Nc1ccccc1[N+](=O)[O-]. The third kappa shape index (κ3) is 3.32. The maximum atomic E-state index is 11.3. The van der Waals surface area contributed by atoms with Crippen LogP contribution in [0, 0.1) is 10.1 Å². The predicted molar refractivity (Wildman–Crippen MR) is 58.0 cm³/mol. The Morgan fingerprint density at radius 1 is 1.44 bits per heavy atom. The fourth-order valence-corrected chi connectivity index (χ4v) is 1.19. The molecule has 1 amide bonds. The Kier molecular flexibility index (Phi) is 4.41. The van der Waals surface area contributed by atoms with Crippen LogP contribution in [0.25, 0.3) is 0 Å². The number of nitro groups is 1. The fourth-order valence-electron chi connectivity index (χ4n) is 1.19. The maximum absolute atomic E-state index is 11.3. The van der Waals surface area contributed by atoms with E-state index in [1.807, 2.05) is 0 Å². The Morgan fingerprint density at radius 3 is 2.75 bits per heavy atom. The molecule has 0 aliphatic carbocycles. The number of aliphatic hydroxyl groups excluding tert-OH is 1. The van der Waals surface area contributed by atoms with E-state index in [9.17, 15) is 14.9 Å². The molecule has 0 saturated carbocycles. The highest BCUT2D eigenvalue weighted by molar-refractivity contribution is 5.92. The predicted octanol–water partition coefficient (Wildman–Crippen LogP) is 1.31. The van der Waals surface area contributed by atoms with E-state index in [1.54, 1.807) is 6.07 Å². The van der Waals surface area contributed by atoms with E-state index >= 15 is 0 Å². The molecule has 0 unspecified atom stereocenters. The fraction of sp³-hybridized carbons (Fsp3) is 0.300. The highest BCUT2D eigenvalue weighted by Gasteiger charge is 2.13. The summed E-state index contributed by atoms with van der Waals surface area (Å²) in [5, 5.41) is 21.6. The molecule has 0 aromatic heterocycles. The Morgan fingerprint density at radius 2 is 2.12 bits per heavy atom. The molecule has 0 fully saturated rings. The number of hydrogen-bond acceptors (Lipinski definition) is 4. The van der Waals surface area contributed by atoms with Crippen molar-refractivity contribution in [3.8, 4) is 0 Å². The molecule has 0 saturated heterocycles. The average molecular weight is 224 g/mol. The number of carbonyl (C=O) groups excluding carboxylic acids is 1. The number of nitrogens with zero attached hydrogens (tertiary/aromatic N) is 1. The lowest BCUT2D eigenvalue weighted by Crippen LogP contribution is -2.12. The number of benzene rings is 1. The third-order valence-electron chi connectivity index (χ3n) is 1.94. The first-order valence-electron chi connectivity index (χ1n) is 4.79. The number of anilines is 1. The van der Waals surface area contributed by atoms with Crippen LogP contribution in [0.15, 0.2) is 24.3 Å². The summed E-state index contributed by atoms with van der Waals surface area (Å²) < 4.78 is 0. The van der Waals surface area contributed by atoms with Gasteiger partial charge in [-0.05, 0) is 12.5 Å². The molecule has 0 heterocycles. The van der Waals surface area contributed by atoms with E-state index in [-0.39, 0.29) is 30.3 Å². The molecule has 0 bridgehead atoms. The van der Waals surface area contributed by atoms with Crippen molar-refractivity contribution in [2.24, 2.45) is 0 Å². The van der Waals surface area contributed by atoms with Crippen LogP contribution in [0.5, 0.6) is 0 Å². The third-order valence-corrected chi connectivity index (χ3v) is 1.94. The first-order valence-corrected chi connectivity index (χ1v) is 4.79. The highest BCUT2D eigenvalue weighted by Crippen LogP contribution is 2.23. The minimum Gasteiger partial charge on any atom is -0.396 e. The van der Waals surface area contributed by atoms with Crippen LogP contribution in [-0.4, -0.2) is 22.5 Å². The lowest BCUT2D eigenvalue weighted by atomic mass is 10.2. The Bertz CT molecular complexity index is 392. The zero-order chi connectivity index (χ0) is 12.0. The van der Waals surface area contributed by atoms with Crippen molar-refractivity contribution in [1.82, 2.24) is 0 Å². The summed E-state index contributed by atoms with van der Waals surface area (Å²) >= 11 is 0. The zero-order valence-electron chi connectivity index (χ0n) is 8.55. The van der Waals surface area contributed by atoms with Crippen LogP contribution < -0.4 is 5.32 Å². The lowest BCUT2D eigenvalue weighted by Gasteiger charge is -2.04. The van der Waals surface area contributed by atoms with Gasteiger partial charge in [-0.15, -0.1) is 0 Å². The van der Waals surface area contributed by atoms with Gasteiger partial charge in [0, 0.05) is 19.1 Å². The molecule has 2 N–H and O–H groups in total. The van der Waals surface area contributed by atoms with E-state index in [0.717, 1.165) is 0 Å². The summed E-state index contributed by atoms with van der Waals surface area (Å²) in [6, 6.07) is 5.92. The van der Waals surface area contributed by atoms with Gasteiger partial charge < -0.3 is 10.4 Å². The molecule has 1 aromatic rings. The van der Waals surface area contributed by atoms with Gasteiger partial charge in [0.05, 0.1) is 4.92 Å². The number of amides is 1. The second kappa shape index (κ2) is 5.82. The van der Waals surface area contributed by atoms with Gasteiger partial charge in [0.2, 0.25) is 5.91 Å². The van der Waals surface area contributed by atoms with Crippen molar-refractivity contribution in [1.29, 1.82) is 0 Å². The minimum atomic E-state index is -0.554. The molecule has 0 spiro atoms. The lowest BCUT2D eigenvalue weighted by molar-refractivity contribution is -0.383. The molecule has 0 atom stereocenters. The van der Waals surface area contributed by atoms with Gasteiger partial charge >= 0.3 is 0 Å². The maximum Gasteiger partial charge on any atom is 0.292 e. The van der Waals surface area contributed by atoms with Gasteiger partial charge in [0.1, 0.15) is 5.69 Å². The van der Waals surface area contributed by atoms with Crippen molar-refractivity contribution < 1.29 is 14.8 Å². The number of para-hydroxylation sites is 2. The topological polar surface area (TPSA) is 92.5 Å². The van der Waals surface area contributed by atoms with Gasteiger partial charge in [0.25, 0.3) is 5.69 Å². The molecule has 16 heavy (non-hydrogen) atoms.